The molecule has 0 saturated heterocycles. The van der Waals surface area contributed by atoms with E-state index in [4.69, 9.17) is 9.47 Å². The number of rotatable bonds is 5. The molecular formula is C14H18BrNO4. The Balaban J connectivity index is 2.26. The minimum Gasteiger partial charge on any atom is -0.497 e. The fraction of sp³-hybridized carbons (Fsp3) is 0.571. The summed E-state index contributed by atoms with van der Waals surface area (Å²) in [6.45, 7) is 4.23. The zero-order valence-corrected chi connectivity index (χ0v) is 13.3. The maximum atomic E-state index is 11.1. The van der Waals surface area contributed by atoms with Crippen LogP contribution in [0.25, 0.3) is 0 Å². The Labute approximate surface area is 126 Å². The summed E-state index contributed by atoms with van der Waals surface area (Å²) in [6, 6.07) is 4.57. The van der Waals surface area contributed by atoms with Gasteiger partial charge in [0.25, 0.3) is 0 Å². The van der Waals surface area contributed by atoms with Crippen LogP contribution in [0.1, 0.15) is 26.7 Å². The molecule has 1 aliphatic rings. The van der Waals surface area contributed by atoms with E-state index in [0.717, 1.165) is 12.8 Å². The molecule has 1 aromatic rings. The van der Waals surface area contributed by atoms with Crippen LogP contribution in [0.15, 0.2) is 18.2 Å². The van der Waals surface area contributed by atoms with E-state index in [9.17, 15) is 10.1 Å². The molecular weight excluding hydrogens is 326 g/mol. The van der Waals surface area contributed by atoms with E-state index in [-0.39, 0.29) is 23.0 Å². The smallest absolute Gasteiger partial charge is 0.311 e. The van der Waals surface area contributed by atoms with Gasteiger partial charge in [0.05, 0.1) is 12.0 Å². The van der Waals surface area contributed by atoms with Crippen molar-refractivity contribution in [3.63, 3.8) is 0 Å². The average molecular weight is 344 g/mol. The number of methoxy groups -OCH3 is 1. The second-order valence-corrected chi connectivity index (χ2v) is 6.37. The summed E-state index contributed by atoms with van der Waals surface area (Å²) in [5.41, 5.74) is -0.0287. The Morgan fingerprint density at radius 1 is 1.55 bits per heavy atom. The first-order valence-corrected chi connectivity index (χ1v) is 7.47. The van der Waals surface area contributed by atoms with Gasteiger partial charge in [-0.05, 0) is 18.9 Å². The number of hydrogen-bond acceptors (Lipinski definition) is 4. The van der Waals surface area contributed by atoms with Crippen LogP contribution < -0.4 is 9.47 Å². The van der Waals surface area contributed by atoms with Gasteiger partial charge in [0.2, 0.25) is 5.75 Å². The molecule has 0 bridgehead atoms. The second kappa shape index (κ2) is 5.60. The zero-order valence-electron chi connectivity index (χ0n) is 11.8. The second-order valence-electron chi connectivity index (χ2n) is 5.26. The lowest BCUT2D eigenvalue weighted by molar-refractivity contribution is -0.386. The third kappa shape index (κ3) is 2.49. The summed E-state index contributed by atoms with van der Waals surface area (Å²) in [5, 5.41) is 11.1. The van der Waals surface area contributed by atoms with Crippen molar-refractivity contribution in [2.45, 2.75) is 37.6 Å². The van der Waals surface area contributed by atoms with Crippen molar-refractivity contribution >= 4 is 21.6 Å². The van der Waals surface area contributed by atoms with E-state index < -0.39 is 4.92 Å². The molecule has 0 spiro atoms. The standard InChI is InChI=1S/C14H18BrNO4/c1-4-14(2)12(15)8-13(14)20-11-7-9(19-3)5-6-10(11)16(17)18/h5-7,12-13H,4,8H2,1-3H3. The Morgan fingerprint density at radius 3 is 2.75 bits per heavy atom. The van der Waals surface area contributed by atoms with Crippen LogP contribution in [0.5, 0.6) is 11.5 Å². The summed E-state index contributed by atoms with van der Waals surface area (Å²) in [4.78, 5) is 11.0. The third-order valence-corrected chi connectivity index (χ3v) is 5.69. The van der Waals surface area contributed by atoms with Crippen LogP contribution in [-0.2, 0) is 0 Å². The molecule has 0 amide bonds. The van der Waals surface area contributed by atoms with Crippen molar-refractivity contribution in [3.05, 3.63) is 28.3 Å². The minimum atomic E-state index is -0.428. The fourth-order valence-corrected chi connectivity index (χ4v) is 3.38. The number of halogens is 1. The minimum absolute atomic E-state index is 0.00303. The zero-order chi connectivity index (χ0) is 14.9. The molecule has 0 radical (unpaired) electrons. The van der Waals surface area contributed by atoms with Crippen molar-refractivity contribution in [2.75, 3.05) is 7.11 Å². The molecule has 2 rings (SSSR count). The van der Waals surface area contributed by atoms with E-state index in [1.807, 2.05) is 0 Å². The SMILES string of the molecule is CCC1(C)C(Br)CC1Oc1cc(OC)ccc1[N+](=O)[O-]. The van der Waals surface area contributed by atoms with Crippen molar-refractivity contribution in [2.24, 2.45) is 5.41 Å². The van der Waals surface area contributed by atoms with Crippen LogP contribution >= 0.6 is 15.9 Å². The van der Waals surface area contributed by atoms with Gasteiger partial charge in [-0.3, -0.25) is 10.1 Å². The lowest BCUT2D eigenvalue weighted by Crippen LogP contribution is -2.54. The number of nitro benzene ring substituents is 1. The Morgan fingerprint density at radius 2 is 2.25 bits per heavy atom. The van der Waals surface area contributed by atoms with Gasteiger partial charge in [-0.15, -0.1) is 0 Å². The quantitative estimate of drug-likeness (QED) is 0.461. The highest BCUT2D eigenvalue weighted by atomic mass is 79.9. The van der Waals surface area contributed by atoms with E-state index >= 15 is 0 Å². The van der Waals surface area contributed by atoms with Crippen LogP contribution in [-0.4, -0.2) is 23.0 Å². The van der Waals surface area contributed by atoms with Gasteiger partial charge < -0.3 is 9.47 Å². The van der Waals surface area contributed by atoms with Gasteiger partial charge >= 0.3 is 5.69 Å². The van der Waals surface area contributed by atoms with Crippen molar-refractivity contribution in [1.82, 2.24) is 0 Å². The monoisotopic (exact) mass is 343 g/mol. The first kappa shape index (κ1) is 15.1. The van der Waals surface area contributed by atoms with Crippen molar-refractivity contribution < 1.29 is 14.4 Å². The molecule has 3 unspecified atom stereocenters. The van der Waals surface area contributed by atoms with Gasteiger partial charge in [-0.1, -0.05) is 29.8 Å². The average Bonchev–Trinajstić information content (AvgIpc) is 2.45. The summed E-state index contributed by atoms with van der Waals surface area (Å²) < 4.78 is 11.0. The number of ether oxygens (including phenoxy) is 2. The predicted octanol–water partition coefficient (Wildman–Crippen LogP) is 3.93. The predicted molar refractivity (Wildman–Crippen MR) is 79.8 cm³/mol. The molecule has 0 aliphatic heterocycles. The van der Waals surface area contributed by atoms with Gasteiger partial charge in [0, 0.05) is 22.4 Å². The van der Waals surface area contributed by atoms with Crippen LogP contribution in [0.4, 0.5) is 5.69 Å². The highest BCUT2D eigenvalue weighted by Gasteiger charge is 2.51. The molecule has 0 N–H and O–H groups in total. The van der Waals surface area contributed by atoms with Gasteiger partial charge in [0.1, 0.15) is 11.9 Å². The molecule has 3 atom stereocenters. The molecule has 1 saturated carbocycles. The fourth-order valence-electron chi connectivity index (χ4n) is 2.42. The topological polar surface area (TPSA) is 61.6 Å². The Hall–Kier alpha value is -1.30. The molecule has 20 heavy (non-hydrogen) atoms. The lowest BCUT2D eigenvalue weighted by Gasteiger charge is -2.50. The number of nitrogens with zero attached hydrogens (tertiary/aromatic N) is 1. The summed E-state index contributed by atoms with van der Waals surface area (Å²) in [6.07, 6.45) is 1.77. The maximum absolute atomic E-state index is 11.1. The largest absolute Gasteiger partial charge is 0.497 e. The molecule has 6 heteroatoms. The summed E-state index contributed by atoms with van der Waals surface area (Å²) in [7, 11) is 1.53. The molecule has 1 aromatic carbocycles. The van der Waals surface area contributed by atoms with Gasteiger partial charge in [-0.25, -0.2) is 0 Å². The van der Waals surface area contributed by atoms with Gasteiger partial charge in [0.15, 0.2) is 0 Å². The molecule has 5 nitrogen and oxygen atoms in total. The first-order chi connectivity index (χ1) is 9.42. The number of alkyl halides is 1. The normalized spacial score (nSPS) is 28.6. The first-order valence-electron chi connectivity index (χ1n) is 6.55. The molecule has 1 aliphatic carbocycles. The Bertz CT molecular complexity index is 522. The molecule has 0 heterocycles. The van der Waals surface area contributed by atoms with E-state index in [1.165, 1.54) is 13.2 Å². The lowest BCUT2D eigenvalue weighted by atomic mass is 9.65. The van der Waals surface area contributed by atoms with Gasteiger partial charge in [-0.2, -0.15) is 0 Å². The van der Waals surface area contributed by atoms with Crippen molar-refractivity contribution in [1.29, 1.82) is 0 Å². The van der Waals surface area contributed by atoms with E-state index in [2.05, 4.69) is 29.8 Å². The highest BCUT2D eigenvalue weighted by Crippen LogP contribution is 2.51. The highest BCUT2D eigenvalue weighted by molar-refractivity contribution is 9.09. The Kier molecular flexibility index (Phi) is 4.22. The molecule has 0 aromatic heterocycles. The maximum Gasteiger partial charge on any atom is 0.311 e. The summed E-state index contributed by atoms with van der Waals surface area (Å²) >= 11 is 3.63. The molecule has 110 valence electrons. The third-order valence-electron chi connectivity index (χ3n) is 4.27. The number of hydrogen-bond donors (Lipinski definition) is 0. The summed E-state index contributed by atoms with van der Waals surface area (Å²) in [5.74, 6) is 0.831. The number of nitro groups is 1. The molecule has 1 fully saturated rings. The van der Waals surface area contributed by atoms with E-state index in [0.29, 0.717) is 10.6 Å². The van der Waals surface area contributed by atoms with Crippen LogP contribution in [0, 0.1) is 15.5 Å². The van der Waals surface area contributed by atoms with Crippen LogP contribution in [0.3, 0.4) is 0 Å². The van der Waals surface area contributed by atoms with Crippen molar-refractivity contribution in [3.8, 4) is 11.5 Å². The number of benzene rings is 1. The van der Waals surface area contributed by atoms with E-state index in [1.54, 1.807) is 12.1 Å². The van der Waals surface area contributed by atoms with Crippen LogP contribution in [0.2, 0.25) is 0 Å².